The third-order valence-electron chi connectivity index (χ3n) is 6.86. The van der Waals surface area contributed by atoms with E-state index in [1.807, 2.05) is 29.7 Å². The summed E-state index contributed by atoms with van der Waals surface area (Å²) < 4.78 is 35.1. The number of aryl methyl sites for hydroxylation is 1. The third kappa shape index (κ3) is 5.84. The molecule has 10 heteroatoms. The van der Waals surface area contributed by atoms with E-state index in [1.165, 1.54) is 50.3 Å². The fourth-order valence-corrected chi connectivity index (χ4v) is 5.96. The molecule has 0 saturated heterocycles. The van der Waals surface area contributed by atoms with Gasteiger partial charge in [0.05, 0.1) is 18.0 Å². The van der Waals surface area contributed by atoms with Crippen LogP contribution in [0.1, 0.15) is 54.0 Å². The first kappa shape index (κ1) is 26.2. The van der Waals surface area contributed by atoms with Gasteiger partial charge in [0.2, 0.25) is 0 Å². The highest BCUT2D eigenvalue weighted by atomic mass is 35.5. The number of sulfonamides is 1. The van der Waals surface area contributed by atoms with E-state index in [4.69, 9.17) is 16.3 Å². The van der Waals surface area contributed by atoms with Crippen LogP contribution >= 0.6 is 11.6 Å². The molecule has 0 radical (unpaired) electrons. The van der Waals surface area contributed by atoms with Crippen LogP contribution < -0.4 is 9.46 Å². The Morgan fingerprint density at radius 1 is 1.05 bits per heavy atom. The molecule has 0 aliphatic heterocycles. The fraction of sp³-hybridized carbons (Fsp3) is 0.321. The minimum absolute atomic E-state index is 0.00359. The maximum atomic E-state index is 12.8. The fourth-order valence-electron chi connectivity index (χ4n) is 4.75. The zero-order valence-corrected chi connectivity index (χ0v) is 22.6. The van der Waals surface area contributed by atoms with Crippen molar-refractivity contribution in [2.45, 2.75) is 50.5 Å². The Morgan fingerprint density at radius 3 is 2.55 bits per heavy atom. The van der Waals surface area contributed by atoms with Crippen molar-refractivity contribution in [2.24, 2.45) is 5.92 Å². The van der Waals surface area contributed by atoms with E-state index in [1.54, 1.807) is 24.3 Å². The van der Waals surface area contributed by atoms with Crippen molar-refractivity contribution in [3.8, 4) is 5.75 Å². The van der Waals surface area contributed by atoms with Gasteiger partial charge in [-0.25, -0.2) is 23.1 Å². The molecule has 1 aliphatic rings. The van der Waals surface area contributed by atoms with Crippen LogP contribution in [0, 0.1) is 12.8 Å². The summed E-state index contributed by atoms with van der Waals surface area (Å²) in [5, 5.41) is 0.565. The SMILES string of the molecule is Cc1nc2ccc(C(=O)NS(=O)(=O)c3ccccc3)nc2n1Cc1ccc(OCC2CCCCC2)cc1Cl. The maximum absolute atomic E-state index is 12.8. The lowest BCUT2D eigenvalue weighted by atomic mass is 9.90. The van der Waals surface area contributed by atoms with E-state index in [0.29, 0.717) is 41.1 Å². The van der Waals surface area contributed by atoms with Crippen molar-refractivity contribution in [3.05, 3.63) is 82.8 Å². The van der Waals surface area contributed by atoms with E-state index < -0.39 is 15.9 Å². The van der Waals surface area contributed by atoms with Gasteiger partial charge in [0.15, 0.2) is 5.65 Å². The lowest BCUT2D eigenvalue weighted by molar-refractivity contribution is 0.0977. The predicted molar refractivity (Wildman–Crippen MR) is 146 cm³/mol. The minimum atomic E-state index is -4.03. The van der Waals surface area contributed by atoms with Gasteiger partial charge < -0.3 is 9.30 Å². The number of ether oxygens (including phenoxy) is 1. The lowest BCUT2D eigenvalue weighted by Gasteiger charge is -2.21. The summed E-state index contributed by atoms with van der Waals surface area (Å²) in [7, 11) is -4.03. The van der Waals surface area contributed by atoms with Crippen LogP contribution in [0.2, 0.25) is 5.02 Å². The van der Waals surface area contributed by atoms with Crippen LogP contribution in [0.25, 0.3) is 11.2 Å². The molecule has 5 rings (SSSR count). The average molecular weight is 553 g/mol. The van der Waals surface area contributed by atoms with E-state index in [-0.39, 0.29) is 10.6 Å². The van der Waals surface area contributed by atoms with E-state index in [0.717, 1.165) is 11.3 Å². The largest absolute Gasteiger partial charge is 0.493 e. The molecule has 8 nitrogen and oxygen atoms in total. The Balaban J connectivity index is 1.34. The number of imidazole rings is 1. The number of carbonyl (C=O) groups is 1. The quantitative estimate of drug-likeness (QED) is 0.309. The molecular formula is C28H29ClN4O4S. The van der Waals surface area contributed by atoms with Crippen LogP contribution in [-0.4, -0.2) is 35.5 Å². The van der Waals surface area contributed by atoms with Gasteiger partial charge in [-0.2, -0.15) is 0 Å². The van der Waals surface area contributed by atoms with Crippen LogP contribution in [0.3, 0.4) is 0 Å². The molecule has 1 fully saturated rings. The predicted octanol–water partition coefficient (Wildman–Crippen LogP) is 5.52. The van der Waals surface area contributed by atoms with Crippen LogP contribution in [0.15, 0.2) is 65.6 Å². The van der Waals surface area contributed by atoms with Gasteiger partial charge in [0.25, 0.3) is 15.9 Å². The number of aromatic nitrogens is 3. The highest BCUT2D eigenvalue weighted by Crippen LogP contribution is 2.28. The Labute approximate surface area is 227 Å². The molecule has 1 amide bonds. The van der Waals surface area contributed by atoms with Gasteiger partial charge in [0.1, 0.15) is 22.8 Å². The standard InChI is InChI=1S/C28H29ClN4O4S/c1-19-30-25-14-15-26(28(34)32-38(35,36)23-10-6-3-7-11-23)31-27(25)33(19)17-21-12-13-22(16-24(21)29)37-18-20-8-4-2-5-9-20/h3,6-7,10-16,20H,2,4-5,8-9,17-18H2,1H3,(H,32,34). The summed E-state index contributed by atoms with van der Waals surface area (Å²) in [5.74, 6) is 1.21. The number of rotatable bonds is 8. The molecule has 198 valence electrons. The Bertz CT molecular complexity index is 1560. The summed E-state index contributed by atoms with van der Waals surface area (Å²) in [4.78, 5) is 21.8. The van der Waals surface area contributed by atoms with Crippen molar-refractivity contribution < 1.29 is 17.9 Å². The molecular weight excluding hydrogens is 524 g/mol. The molecule has 1 aliphatic carbocycles. The van der Waals surface area contributed by atoms with Gasteiger partial charge in [-0.05, 0) is 67.6 Å². The van der Waals surface area contributed by atoms with Crippen LogP contribution in [0.4, 0.5) is 0 Å². The molecule has 1 saturated carbocycles. The van der Waals surface area contributed by atoms with Gasteiger partial charge in [-0.15, -0.1) is 0 Å². The number of hydrogen-bond acceptors (Lipinski definition) is 6. The highest BCUT2D eigenvalue weighted by Gasteiger charge is 2.21. The van der Waals surface area contributed by atoms with Crippen molar-refractivity contribution >= 4 is 38.7 Å². The number of benzene rings is 2. The monoisotopic (exact) mass is 552 g/mol. The Hall–Kier alpha value is -3.43. The third-order valence-corrected chi connectivity index (χ3v) is 8.56. The lowest BCUT2D eigenvalue weighted by Crippen LogP contribution is -2.31. The molecule has 0 bridgehead atoms. The van der Waals surface area contributed by atoms with Crippen molar-refractivity contribution in [1.82, 2.24) is 19.3 Å². The molecule has 4 aromatic rings. The topological polar surface area (TPSA) is 103 Å². The van der Waals surface area contributed by atoms with E-state index in [9.17, 15) is 13.2 Å². The second-order valence-corrected chi connectivity index (χ2v) is 11.7. The average Bonchev–Trinajstić information content (AvgIpc) is 3.23. The molecule has 38 heavy (non-hydrogen) atoms. The van der Waals surface area contributed by atoms with Crippen LogP contribution in [0.5, 0.6) is 5.75 Å². The van der Waals surface area contributed by atoms with Gasteiger partial charge >= 0.3 is 0 Å². The van der Waals surface area contributed by atoms with Gasteiger partial charge in [-0.1, -0.05) is 55.1 Å². The zero-order chi connectivity index (χ0) is 26.7. The summed E-state index contributed by atoms with van der Waals surface area (Å²) in [5.41, 5.74) is 1.87. The number of nitrogens with zero attached hydrogens (tertiary/aromatic N) is 3. The molecule has 0 atom stereocenters. The van der Waals surface area contributed by atoms with E-state index >= 15 is 0 Å². The number of amides is 1. The van der Waals surface area contributed by atoms with E-state index in [2.05, 4.69) is 14.7 Å². The first-order valence-corrected chi connectivity index (χ1v) is 14.5. The summed E-state index contributed by atoms with van der Waals surface area (Å²) >= 11 is 6.62. The number of carbonyl (C=O) groups excluding carboxylic acids is 1. The second-order valence-electron chi connectivity index (χ2n) is 9.60. The van der Waals surface area contributed by atoms with Crippen molar-refractivity contribution in [3.63, 3.8) is 0 Å². The first-order chi connectivity index (χ1) is 18.3. The van der Waals surface area contributed by atoms with Crippen molar-refractivity contribution in [1.29, 1.82) is 0 Å². The Morgan fingerprint density at radius 2 is 1.82 bits per heavy atom. The number of fused-ring (bicyclic) bond motifs is 1. The van der Waals surface area contributed by atoms with Crippen LogP contribution in [-0.2, 0) is 16.6 Å². The molecule has 1 N–H and O–H groups in total. The number of halogens is 1. The second kappa shape index (κ2) is 11.1. The molecule has 0 spiro atoms. The molecule has 2 heterocycles. The smallest absolute Gasteiger partial charge is 0.283 e. The Kier molecular flexibility index (Phi) is 7.67. The summed E-state index contributed by atoms with van der Waals surface area (Å²) in [6.07, 6.45) is 6.28. The number of nitrogens with one attached hydrogen (secondary N) is 1. The summed E-state index contributed by atoms with van der Waals surface area (Å²) in [6.45, 7) is 2.93. The zero-order valence-electron chi connectivity index (χ0n) is 21.1. The summed E-state index contributed by atoms with van der Waals surface area (Å²) in [6, 6.07) is 16.5. The number of pyridine rings is 1. The number of hydrogen-bond donors (Lipinski definition) is 1. The first-order valence-electron chi connectivity index (χ1n) is 12.7. The molecule has 0 unspecified atom stereocenters. The van der Waals surface area contributed by atoms with Gasteiger partial charge in [0, 0.05) is 5.02 Å². The molecule has 2 aromatic carbocycles. The van der Waals surface area contributed by atoms with Crippen molar-refractivity contribution in [2.75, 3.05) is 6.61 Å². The van der Waals surface area contributed by atoms with Gasteiger partial charge in [-0.3, -0.25) is 4.79 Å². The highest BCUT2D eigenvalue weighted by molar-refractivity contribution is 7.90. The molecule has 2 aromatic heterocycles. The minimum Gasteiger partial charge on any atom is -0.493 e. The normalized spacial score (nSPS) is 14.5. The maximum Gasteiger partial charge on any atom is 0.283 e.